The largest absolute Gasteiger partial charge is 0.418 e. The molecule has 0 aromatic heterocycles. The zero-order valence-electron chi connectivity index (χ0n) is 11.1. The second-order valence-corrected chi connectivity index (χ2v) is 4.63. The molecule has 0 fully saturated rings. The second-order valence-electron chi connectivity index (χ2n) is 4.63. The molecule has 3 nitrogen and oxygen atoms in total. The third-order valence-corrected chi connectivity index (χ3v) is 3.03. The van der Waals surface area contributed by atoms with E-state index < -0.39 is 11.7 Å². The van der Waals surface area contributed by atoms with Gasteiger partial charge in [-0.05, 0) is 29.3 Å². The van der Waals surface area contributed by atoms with Crippen molar-refractivity contribution in [3.8, 4) is 0 Å². The number of hydrogen-bond donors (Lipinski definition) is 3. The number of aliphatic hydroxyl groups is 1. The molecule has 0 amide bonds. The Morgan fingerprint density at radius 1 is 1.05 bits per heavy atom. The predicted octanol–water partition coefficient (Wildman–Crippen LogP) is 3.39. The molecule has 0 saturated carbocycles. The molecule has 0 radical (unpaired) electrons. The van der Waals surface area contributed by atoms with Crippen LogP contribution in [-0.4, -0.2) is 5.11 Å². The minimum atomic E-state index is -4.47. The standard InChI is InChI=1S/C15H15F3N2O/c16-15(17,18)13-7-12(4-5-14(13)19)20-8-10-2-1-3-11(6-10)9-21/h1-7,20-21H,8-9,19H2. The number of nitrogen functional groups attached to an aromatic ring is 1. The lowest BCUT2D eigenvalue weighted by atomic mass is 10.1. The molecule has 0 saturated heterocycles. The van der Waals surface area contributed by atoms with Gasteiger partial charge in [0, 0.05) is 17.9 Å². The van der Waals surface area contributed by atoms with Crippen molar-refractivity contribution >= 4 is 11.4 Å². The molecule has 0 bridgehead atoms. The Hall–Kier alpha value is -2.21. The van der Waals surface area contributed by atoms with Gasteiger partial charge >= 0.3 is 6.18 Å². The fraction of sp³-hybridized carbons (Fsp3) is 0.200. The fourth-order valence-corrected chi connectivity index (χ4v) is 1.95. The molecular formula is C15H15F3N2O. The fourth-order valence-electron chi connectivity index (χ4n) is 1.95. The number of nitrogens with two attached hydrogens (primary N) is 1. The number of benzene rings is 2. The predicted molar refractivity (Wildman–Crippen MR) is 75.5 cm³/mol. The topological polar surface area (TPSA) is 58.3 Å². The Morgan fingerprint density at radius 3 is 2.43 bits per heavy atom. The van der Waals surface area contributed by atoms with Crippen molar-refractivity contribution in [2.45, 2.75) is 19.3 Å². The SMILES string of the molecule is Nc1ccc(NCc2cccc(CO)c2)cc1C(F)(F)F. The quantitative estimate of drug-likeness (QED) is 0.758. The Labute approximate surface area is 120 Å². The van der Waals surface area contributed by atoms with Crippen molar-refractivity contribution in [3.05, 3.63) is 59.2 Å². The van der Waals surface area contributed by atoms with E-state index in [2.05, 4.69) is 5.32 Å². The summed E-state index contributed by atoms with van der Waals surface area (Å²) < 4.78 is 38.3. The number of nitrogens with one attached hydrogen (secondary N) is 1. The molecule has 0 aliphatic heterocycles. The first-order valence-electron chi connectivity index (χ1n) is 6.29. The monoisotopic (exact) mass is 296 g/mol. The summed E-state index contributed by atoms with van der Waals surface area (Å²) in [6.45, 7) is 0.281. The zero-order chi connectivity index (χ0) is 15.5. The first-order valence-corrected chi connectivity index (χ1v) is 6.29. The summed E-state index contributed by atoms with van der Waals surface area (Å²) in [6.07, 6.45) is -4.47. The molecule has 2 rings (SSSR count). The Bertz CT molecular complexity index is 627. The molecule has 6 heteroatoms. The van der Waals surface area contributed by atoms with Crippen LogP contribution in [0.3, 0.4) is 0 Å². The van der Waals surface area contributed by atoms with E-state index in [9.17, 15) is 13.2 Å². The highest BCUT2D eigenvalue weighted by Gasteiger charge is 2.33. The van der Waals surface area contributed by atoms with E-state index in [1.54, 1.807) is 18.2 Å². The minimum absolute atomic E-state index is 0.0755. The molecule has 21 heavy (non-hydrogen) atoms. The van der Waals surface area contributed by atoms with E-state index in [1.165, 1.54) is 12.1 Å². The molecule has 0 spiro atoms. The summed E-state index contributed by atoms with van der Waals surface area (Å²) in [5.41, 5.74) is 6.16. The van der Waals surface area contributed by atoms with Crippen LogP contribution in [0.4, 0.5) is 24.5 Å². The van der Waals surface area contributed by atoms with Gasteiger partial charge in [0.25, 0.3) is 0 Å². The van der Waals surface area contributed by atoms with Crippen LogP contribution in [0.5, 0.6) is 0 Å². The van der Waals surface area contributed by atoms with E-state index in [0.29, 0.717) is 12.2 Å². The van der Waals surface area contributed by atoms with Crippen LogP contribution in [0.2, 0.25) is 0 Å². The average molecular weight is 296 g/mol. The number of halogens is 3. The van der Waals surface area contributed by atoms with E-state index in [1.807, 2.05) is 6.07 Å². The van der Waals surface area contributed by atoms with Crippen LogP contribution in [0.25, 0.3) is 0 Å². The van der Waals surface area contributed by atoms with E-state index in [4.69, 9.17) is 10.8 Å². The Morgan fingerprint density at radius 2 is 1.76 bits per heavy atom. The third kappa shape index (κ3) is 3.88. The molecule has 0 aliphatic carbocycles. The molecule has 2 aromatic rings. The van der Waals surface area contributed by atoms with Crippen molar-refractivity contribution in [1.29, 1.82) is 0 Å². The average Bonchev–Trinajstić information content (AvgIpc) is 2.45. The first-order chi connectivity index (χ1) is 9.90. The molecule has 0 aliphatic rings. The van der Waals surface area contributed by atoms with Gasteiger partial charge in [0.2, 0.25) is 0 Å². The number of alkyl halides is 3. The van der Waals surface area contributed by atoms with Crippen molar-refractivity contribution in [2.75, 3.05) is 11.1 Å². The molecule has 0 unspecified atom stereocenters. The van der Waals surface area contributed by atoms with E-state index >= 15 is 0 Å². The molecule has 4 N–H and O–H groups in total. The maximum Gasteiger partial charge on any atom is 0.418 e. The maximum absolute atomic E-state index is 12.8. The van der Waals surface area contributed by atoms with Crippen molar-refractivity contribution in [3.63, 3.8) is 0 Å². The summed E-state index contributed by atoms with van der Waals surface area (Å²) >= 11 is 0. The number of rotatable bonds is 4. The van der Waals surface area contributed by atoms with Gasteiger partial charge in [0.15, 0.2) is 0 Å². The minimum Gasteiger partial charge on any atom is -0.398 e. The summed E-state index contributed by atoms with van der Waals surface area (Å²) in [6, 6.07) is 10.9. The number of anilines is 2. The van der Waals surface area contributed by atoms with Crippen LogP contribution >= 0.6 is 0 Å². The van der Waals surface area contributed by atoms with Crippen molar-refractivity contribution < 1.29 is 18.3 Å². The van der Waals surface area contributed by atoms with Crippen LogP contribution in [0.1, 0.15) is 16.7 Å². The summed E-state index contributed by atoms with van der Waals surface area (Å²) in [5.74, 6) is 0. The van der Waals surface area contributed by atoms with Gasteiger partial charge in [0.05, 0.1) is 12.2 Å². The molecule has 0 heterocycles. The second kappa shape index (κ2) is 6.05. The third-order valence-electron chi connectivity index (χ3n) is 3.03. The van der Waals surface area contributed by atoms with Gasteiger partial charge < -0.3 is 16.2 Å². The lowest BCUT2D eigenvalue weighted by Gasteiger charge is -2.13. The summed E-state index contributed by atoms with van der Waals surface area (Å²) in [5, 5.41) is 12.0. The highest BCUT2D eigenvalue weighted by Crippen LogP contribution is 2.35. The zero-order valence-corrected chi connectivity index (χ0v) is 11.1. The Balaban J connectivity index is 2.13. The van der Waals surface area contributed by atoms with Gasteiger partial charge in [-0.2, -0.15) is 13.2 Å². The van der Waals surface area contributed by atoms with Gasteiger partial charge in [0.1, 0.15) is 0 Å². The van der Waals surface area contributed by atoms with E-state index in [-0.39, 0.29) is 12.3 Å². The normalized spacial score (nSPS) is 11.4. The molecular weight excluding hydrogens is 281 g/mol. The highest BCUT2D eigenvalue weighted by molar-refractivity contribution is 5.58. The number of hydrogen-bond acceptors (Lipinski definition) is 3. The smallest absolute Gasteiger partial charge is 0.398 e. The summed E-state index contributed by atoms with van der Waals surface area (Å²) in [7, 11) is 0. The van der Waals surface area contributed by atoms with Gasteiger partial charge in [-0.15, -0.1) is 0 Å². The van der Waals surface area contributed by atoms with Crippen LogP contribution in [-0.2, 0) is 19.3 Å². The van der Waals surface area contributed by atoms with Gasteiger partial charge in [-0.3, -0.25) is 0 Å². The molecule has 112 valence electrons. The van der Waals surface area contributed by atoms with Gasteiger partial charge in [-0.1, -0.05) is 24.3 Å². The maximum atomic E-state index is 12.8. The van der Waals surface area contributed by atoms with Gasteiger partial charge in [-0.25, -0.2) is 0 Å². The van der Waals surface area contributed by atoms with Crippen molar-refractivity contribution in [2.24, 2.45) is 0 Å². The van der Waals surface area contributed by atoms with E-state index in [0.717, 1.165) is 17.2 Å². The molecule has 0 atom stereocenters. The van der Waals surface area contributed by atoms with Crippen LogP contribution in [0.15, 0.2) is 42.5 Å². The van der Waals surface area contributed by atoms with Crippen LogP contribution in [0, 0.1) is 0 Å². The molecule has 2 aromatic carbocycles. The summed E-state index contributed by atoms with van der Waals surface area (Å²) in [4.78, 5) is 0. The first kappa shape index (κ1) is 15.2. The lowest BCUT2D eigenvalue weighted by molar-refractivity contribution is -0.136. The number of aliphatic hydroxyl groups excluding tert-OH is 1. The van der Waals surface area contributed by atoms with Crippen molar-refractivity contribution in [1.82, 2.24) is 0 Å². The Kier molecular flexibility index (Phi) is 4.37. The highest BCUT2D eigenvalue weighted by atomic mass is 19.4. The van der Waals surface area contributed by atoms with Crippen LogP contribution < -0.4 is 11.1 Å². The lowest BCUT2D eigenvalue weighted by Crippen LogP contribution is -2.10.